The Morgan fingerprint density at radius 3 is 2.32 bits per heavy atom. The molecule has 0 fully saturated rings. The number of rotatable bonds is 7. The second-order valence-electron chi connectivity index (χ2n) is 7.75. The van der Waals surface area contributed by atoms with E-state index in [4.69, 9.17) is 14.2 Å². The maximum atomic E-state index is 13.6. The van der Waals surface area contributed by atoms with Gasteiger partial charge in [-0.15, -0.1) is 0 Å². The fourth-order valence-electron chi connectivity index (χ4n) is 3.81. The van der Waals surface area contributed by atoms with Crippen LogP contribution in [0.15, 0.2) is 78.9 Å². The smallest absolute Gasteiger partial charge is 0.330 e. The van der Waals surface area contributed by atoms with Crippen molar-refractivity contribution in [1.82, 2.24) is 0 Å². The standard InChI is InChI=1S/C29H25FO4/c1-4-33-27(31)16-7-20-5-12-24(13-6-20)34-29-26-15-14-25(32-3)18-22(26)17-19(2)28(29)21-8-10-23(30)11-9-21/h5-18H,4H2,1-3H3. The Bertz CT molecular complexity index is 1340. The van der Waals surface area contributed by atoms with E-state index in [1.807, 2.05) is 49.4 Å². The van der Waals surface area contributed by atoms with Crippen molar-refractivity contribution in [2.45, 2.75) is 13.8 Å². The molecule has 0 amide bonds. The van der Waals surface area contributed by atoms with Crippen LogP contribution >= 0.6 is 0 Å². The van der Waals surface area contributed by atoms with Crippen LogP contribution in [0.5, 0.6) is 17.2 Å². The van der Waals surface area contributed by atoms with Crippen molar-refractivity contribution >= 4 is 22.8 Å². The zero-order valence-corrected chi connectivity index (χ0v) is 19.3. The summed E-state index contributed by atoms with van der Waals surface area (Å²) in [7, 11) is 1.64. The Morgan fingerprint density at radius 2 is 1.65 bits per heavy atom. The number of carbonyl (C=O) groups is 1. The predicted octanol–water partition coefficient (Wildman–Crippen LogP) is 7.33. The van der Waals surface area contributed by atoms with Crippen LogP contribution in [0.3, 0.4) is 0 Å². The Kier molecular flexibility index (Phi) is 6.93. The number of aryl methyl sites for hydroxylation is 1. The summed E-state index contributed by atoms with van der Waals surface area (Å²) in [6.07, 6.45) is 3.09. The molecule has 0 bridgehead atoms. The fourth-order valence-corrected chi connectivity index (χ4v) is 3.81. The Hall–Kier alpha value is -4.12. The number of carbonyl (C=O) groups excluding carboxylic acids is 1. The average molecular weight is 457 g/mol. The van der Waals surface area contributed by atoms with Crippen molar-refractivity contribution in [3.05, 3.63) is 95.8 Å². The van der Waals surface area contributed by atoms with Gasteiger partial charge in [0.1, 0.15) is 23.1 Å². The van der Waals surface area contributed by atoms with Gasteiger partial charge in [-0.3, -0.25) is 0 Å². The molecule has 0 aliphatic heterocycles. The van der Waals surface area contributed by atoms with Gasteiger partial charge in [0.2, 0.25) is 0 Å². The first-order valence-corrected chi connectivity index (χ1v) is 11.0. The van der Waals surface area contributed by atoms with Crippen molar-refractivity contribution in [1.29, 1.82) is 0 Å². The fraction of sp³-hybridized carbons (Fsp3) is 0.138. The van der Waals surface area contributed by atoms with Crippen LogP contribution in [-0.4, -0.2) is 19.7 Å². The number of methoxy groups -OCH3 is 1. The molecule has 4 rings (SSSR count). The third kappa shape index (κ3) is 5.09. The molecule has 34 heavy (non-hydrogen) atoms. The molecule has 0 saturated heterocycles. The molecule has 0 aromatic heterocycles. The van der Waals surface area contributed by atoms with Gasteiger partial charge in [0, 0.05) is 17.0 Å². The Labute approximate surface area is 198 Å². The second-order valence-corrected chi connectivity index (χ2v) is 7.75. The third-order valence-electron chi connectivity index (χ3n) is 5.43. The van der Waals surface area contributed by atoms with Crippen LogP contribution in [0.2, 0.25) is 0 Å². The minimum atomic E-state index is -0.381. The van der Waals surface area contributed by atoms with Crippen LogP contribution < -0.4 is 9.47 Å². The summed E-state index contributed by atoms with van der Waals surface area (Å²) in [4.78, 5) is 11.6. The van der Waals surface area contributed by atoms with Crippen molar-refractivity contribution < 1.29 is 23.4 Å². The van der Waals surface area contributed by atoms with Crippen molar-refractivity contribution in [3.63, 3.8) is 0 Å². The van der Waals surface area contributed by atoms with Crippen LogP contribution in [0, 0.1) is 12.7 Å². The molecule has 0 aliphatic rings. The zero-order valence-electron chi connectivity index (χ0n) is 19.3. The molecule has 172 valence electrons. The first-order chi connectivity index (χ1) is 16.5. The normalized spacial score (nSPS) is 11.1. The molecule has 0 saturated carbocycles. The topological polar surface area (TPSA) is 44.8 Å². The monoisotopic (exact) mass is 456 g/mol. The molecule has 5 heteroatoms. The van der Waals surface area contributed by atoms with Gasteiger partial charge < -0.3 is 14.2 Å². The molecule has 0 spiro atoms. The molecule has 4 aromatic rings. The summed E-state index contributed by atoms with van der Waals surface area (Å²) in [5, 5.41) is 1.89. The SMILES string of the molecule is CCOC(=O)C=Cc1ccc(Oc2c(-c3ccc(F)cc3)c(C)cc3cc(OC)ccc23)cc1. The number of fused-ring (bicyclic) bond motifs is 1. The van der Waals surface area contributed by atoms with Crippen LogP contribution in [0.25, 0.3) is 28.0 Å². The quantitative estimate of drug-likeness (QED) is 0.216. The summed E-state index contributed by atoms with van der Waals surface area (Å²) in [6.45, 7) is 4.11. The summed E-state index contributed by atoms with van der Waals surface area (Å²) in [6, 6.07) is 21.7. The highest BCUT2D eigenvalue weighted by Crippen LogP contribution is 2.43. The minimum absolute atomic E-state index is 0.291. The lowest BCUT2D eigenvalue weighted by atomic mass is 9.94. The number of benzene rings is 4. The van der Waals surface area contributed by atoms with E-state index in [0.717, 1.165) is 38.8 Å². The minimum Gasteiger partial charge on any atom is -0.497 e. The molecular formula is C29H25FO4. The summed E-state index contributed by atoms with van der Waals surface area (Å²) >= 11 is 0. The van der Waals surface area contributed by atoms with Gasteiger partial charge in [0.25, 0.3) is 0 Å². The van der Waals surface area contributed by atoms with Gasteiger partial charge in [-0.25, -0.2) is 9.18 Å². The van der Waals surface area contributed by atoms with E-state index in [0.29, 0.717) is 18.1 Å². The highest BCUT2D eigenvalue weighted by Gasteiger charge is 2.16. The lowest BCUT2D eigenvalue weighted by Gasteiger charge is -2.18. The summed E-state index contributed by atoms with van der Waals surface area (Å²) in [5.74, 6) is 1.40. The maximum Gasteiger partial charge on any atom is 0.330 e. The molecule has 0 radical (unpaired) electrons. The van der Waals surface area contributed by atoms with E-state index in [9.17, 15) is 9.18 Å². The molecule has 0 N–H and O–H groups in total. The molecule has 0 unspecified atom stereocenters. The number of ether oxygens (including phenoxy) is 3. The van der Waals surface area contributed by atoms with E-state index in [1.54, 1.807) is 32.2 Å². The van der Waals surface area contributed by atoms with E-state index in [2.05, 4.69) is 6.07 Å². The summed E-state index contributed by atoms with van der Waals surface area (Å²) < 4.78 is 30.3. The van der Waals surface area contributed by atoms with Crippen LogP contribution in [0.4, 0.5) is 4.39 Å². The highest BCUT2D eigenvalue weighted by atomic mass is 19.1. The van der Waals surface area contributed by atoms with Gasteiger partial charge in [0.15, 0.2) is 0 Å². The Balaban J connectivity index is 1.76. The van der Waals surface area contributed by atoms with Gasteiger partial charge in [0.05, 0.1) is 13.7 Å². The van der Waals surface area contributed by atoms with Gasteiger partial charge in [-0.1, -0.05) is 30.3 Å². The molecular weight excluding hydrogens is 431 g/mol. The molecule has 0 atom stereocenters. The van der Waals surface area contributed by atoms with Crippen LogP contribution in [0.1, 0.15) is 18.1 Å². The molecule has 0 aliphatic carbocycles. The van der Waals surface area contributed by atoms with Crippen molar-refractivity contribution in [2.24, 2.45) is 0 Å². The summed E-state index contributed by atoms with van der Waals surface area (Å²) in [5.41, 5.74) is 3.60. The Morgan fingerprint density at radius 1 is 0.941 bits per heavy atom. The molecule has 0 heterocycles. The maximum absolute atomic E-state index is 13.6. The zero-order chi connectivity index (χ0) is 24.1. The highest BCUT2D eigenvalue weighted by molar-refractivity contribution is 5.97. The van der Waals surface area contributed by atoms with Crippen molar-refractivity contribution in [2.75, 3.05) is 13.7 Å². The van der Waals surface area contributed by atoms with Gasteiger partial charge in [-0.05, 0) is 84.5 Å². The third-order valence-corrected chi connectivity index (χ3v) is 5.43. The van der Waals surface area contributed by atoms with E-state index < -0.39 is 0 Å². The van der Waals surface area contributed by atoms with Gasteiger partial charge >= 0.3 is 5.97 Å². The van der Waals surface area contributed by atoms with E-state index in [-0.39, 0.29) is 11.8 Å². The number of hydrogen-bond donors (Lipinski definition) is 0. The van der Waals surface area contributed by atoms with E-state index >= 15 is 0 Å². The number of hydrogen-bond acceptors (Lipinski definition) is 4. The first-order valence-electron chi connectivity index (χ1n) is 11.0. The first kappa shape index (κ1) is 23.1. The van der Waals surface area contributed by atoms with Crippen molar-refractivity contribution in [3.8, 4) is 28.4 Å². The number of halogens is 1. The second kappa shape index (κ2) is 10.2. The van der Waals surface area contributed by atoms with Gasteiger partial charge in [-0.2, -0.15) is 0 Å². The number of esters is 1. The largest absolute Gasteiger partial charge is 0.497 e. The average Bonchev–Trinajstić information content (AvgIpc) is 2.84. The lowest BCUT2D eigenvalue weighted by molar-refractivity contribution is -0.137. The lowest BCUT2D eigenvalue weighted by Crippen LogP contribution is -1.98. The van der Waals surface area contributed by atoms with Crippen LogP contribution in [-0.2, 0) is 9.53 Å². The predicted molar refractivity (Wildman–Crippen MR) is 133 cm³/mol. The molecule has 4 nitrogen and oxygen atoms in total. The van der Waals surface area contributed by atoms with E-state index in [1.165, 1.54) is 18.2 Å². The molecule has 4 aromatic carbocycles.